The number of nitrogens with two attached hydrogens (primary N) is 1. The van der Waals surface area contributed by atoms with Crippen LogP contribution in [0.1, 0.15) is 16.7 Å². The van der Waals surface area contributed by atoms with Crippen molar-refractivity contribution < 1.29 is 8.78 Å². The highest BCUT2D eigenvalue weighted by Gasteiger charge is 2.15. The third-order valence-electron chi connectivity index (χ3n) is 3.06. The van der Waals surface area contributed by atoms with E-state index < -0.39 is 11.6 Å². The third-order valence-corrected chi connectivity index (χ3v) is 3.06. The molecule has 0 unspecified atom stereocenters. The SMILES string of the molecule is Cc1cc(C)c(-c2cc(N)c(C)cc2F)c(F)c1. The molecule has 0 aliphatic rings. The van der Waals surface area contributed by atoms with Crippen LogP contribution in [0.15, 0.2) is 24.3 Å². The first-order chi connectivity index (χ1) is 8.40. The summed E-state index contributed by atoms with van der Waals surface area (Å²) < 4.78 is 28.0. The molecule has 1 nitrogen and oxygen atoms in total. The minimum absolute atomic E-state index is 0.216. The Labute approximate surface area is 105 Å². The van der Waals surface area contributed by atoms with Crippen LogP contribution in [-0.4, -0.2) is 0 Å². The Morgan fingerprint density at radius 3 is 2.11 bits per heavy atom. The number of aryl methyl sites for hydroxylation is 3. The fourth-order valence-electron chi connectivity index (χ4n) is 2.14. The van der Waals surface area contributed by atoms with Gasteiger partial charge in [0.25, 0.3) is 0 Å². The fraction of sp³-hybridized carbons (Fsp3) is 0.200. The monoisotopic (exact) mass is 247 g/mol. The minimum Gasteiger partial charge on any atom is -0.398 e. The van der Waals surface area contributed by atoms with Gasteiger partial charge in [0.1, 0.15) is 11.6 Å². The first kappa shape index (κ1) is 12.6. The van der Waals surface area contributed by atoms with E-state index in [4.69, 9.17) is 5.73 Å². The van der Waals surface area contributed by atoms with E-state index in [0.717, 1.165) is 5.56 Å². The predicted octanol–water partition coefficient (Wildman–Crippen LogP) is 4.14. The normalized spacial score (nSPS) is 10.7. The van der Waals surface area contributed by atoms with Crippen molar-refractivity contribution in [2.45, 2.75) is 20.8 Å². The van der Waals surface area contributed by atoms with E-state index in [1.807, 2.05) is 6.07 Å². The van der Waals surface area contributed by atoms with Gasteiger partial charge in [0, 0.05) is 16.8 Å². The Kier molecular flexibility index (Phi) is 3.07. The van der Waals surface area contributed by atoms with Gasteiger partial charge < -0.3 is 5.73 Å². The van der Waals surface area contributed by atoms with E-state index in [0.29, 0.717) is 16.8 Å². The summed E-state index contributed by atoms with van der Waals surface area (Å²) in [6.07, 6.45) is 0. The molecule has 0 heterocycles. The molecule has 2 aromatic carbocycles. The highest BCUT2D eigenvalue weighted by molar-refractivity contribution is 5.73. The van der Waals surface area contributed by atoms with Crippen molar-refractivity contribution in [2.75, 3.05) is 5.73 Å². The maximum atomic E-state index is 14.0. The Bertz CT molecular complexity index is 595. The molecule has 2 rings (SSSR count). The third kappa shape index (κ3) is 2.08. The van der Waals surface area contributed by atoms with E-state index in [1.165, 1.54) is 18.2 Å². The number of halogens is 2. The highest BCUT2D eigenvalue weighted by atomic mass is 19.1. The van der Waals surface area contributed by atoms with Crippen molar-refractivity contribution in [1.82, 2.24) is 0 Å². The maximum absolute atomic E-state index is 14.0. The van der Waals surface area contributed by atoms with Gasteiger partial charge in [0.05, 0.1) is 0 Å². The van der Waals surface area contributed by atoms with Gasteiger partial charge in [-0.1, -0.05) is 6.07 Å². The summed E-state index contributed by atoms with van der Waals surface area (Å²) in [6.45, 7) is 5.29. The highest BCUT2D eigenvalue weighted by Crippen LogP contribution is 2.32. The number of hydrogen-bond donors (Lipinski definition) is 1. The molecule has 0 aromatic heterocycles. The molecule has 94 valence electrons. The van der Waals surface area contributed by atoms with Gasteiger partial charge in [-0.3, -0.25) is 0 Å². The number of benzene rings is 2. The van der Waals surface area contributed by atoms with Crippen LogP contribution in [0.3, 0.4) is 0 Å². The quantitative estimate of drug-likeness (QED) is 0.753. The lowest BCUT2D eigenvalue weighted by Gasteiger charge is -2.12. The molecule has 0 saturated heterocycles. The van der Waals surface area contributed by atoms with Crippen LogP contribution in [0.5, 0.6) is 0 Å². The molecule has 0 spiro atoms. The molecule has 0 aliphatic heterocycles. The van der Waals surface area contributed by atoms with Gasteiger partial charge in [0.15, 0.2) is 0 Å². The van der Waals surface area contributed by atoms with Crippen molar-refractivity contribution in [3.8, 4) is 11.1 Å². The minimum atomic E-state index is -0.451. The molecular formula is C15H15F2N. The Balaban J connectivity index is 2.73. The largest absolute Gasteiger partial charge is 0.398 e. The summed E-state index contributed by atoms with van der Waals surface area (Å²) in [5, 5.41) is 0. The van der Waals surface area contributed by atoms with Crippen LogP contribution in [-0.2, 0) is 0 Å². The van der Waals surface area contributed by atoms with E-state index in [9.17, 15) is 8.78 Å². The first-order valence-electron chi connectivity index (χ1n) is 5.73. The maximum Gasteiger partial charge on any atom is 0.131 e. The molecule has 0 atom stereocenters. The summed E-state index contributed by atoms with van der Waals surface area (Å²) in [5.41, 5.74) is 8.90. The molecule has 0 fully saturated rings. The van der Waals surface area contributed by atoms with E-state index in [-0.39, 0.29) is 11.1 Å². The number of hydrogen-bond acceptors (Lipinski definition) is 1. The first-order valence-corrected chi connectivity index (χ1v) is 5.73. The van der Waals surface area contributed by atoms with Crippen LogP contribution in [0.25, 0.3) is 11.1 Å². The molecule has 2 N–H and O–H groups in total. The Morgan fingerprint density at radius 2 is 1.50 bits per heavy atom. The van der Waals surface area contributed by atoms with Crippen molar-refractivity contribution in [1.29, 1.82) is 0 Å². The predicted molar refractivity (Wildman–Crippen MR) is 70.4 cm³/mol. The number of rotatable bonds is 1. The van der Waals surface area contributed by atoms with Crippen molar-refractivity contribution in [3.63, 3.8) is 0 Å². The molecule has 3 heteroatoms. The van der Waals surface area contributed by atoms with Gasteiger partial charge >= 0.3 is 0 Å². The van der Waals surface area contributed by atoms with Crippen molar-refractivity contribution >= 4 is 5.69 Å². The van der Waals surface area contributed by atoms with Crippen molar-refractivity contribution in [3.05, 3.63) is 52.6 Å². The average molecular weight is 247 g/mol. The molecule has 0 bridgehead atoms. The topological polar surface area (TPSA) is 26.0 Å². The summed E-state index contributed by atoms with van der Waals surface area (Å²) >= 11 is 0. The van der Waals surface area contributed by atoms with Gasteiger partial charge in [0.2, 0.25) is 0 Å². The van der Waals surface area contributed by atoms with E-state index in [2.05, 4.69) is 0 Å². The second-order valence-electron chi connectivity index (χ2n) is 4.63. The van der Waals surface area contributed by atoms with Crippen LogP contribution < -0.4 is 5.73 Å². The molecule has 2 aromatic rings. The van der Waals surface area contributed by atoms with Gasteiger partial charge in [-0.05, 0) is 55.7 Å². The smallest absolute Gasteiger partial charge is 0.131 e. The molecule has 0 aliphatic carbocycles. The summed E-state index contributed by atoms with van der Waals surface area (Å²) in [6, 6.07) is 6.06. The standard InChI is InChI=1S/C15H15F2N/c1-8-4-10(3)15(13(17)5-8)11-7-14(18)9(2)6-12(11)16/h4-7H,18H2,1-3H3. The van der Waals surface area contributed by atoms with Crippen LogP contribution >= 0.6 is 0 Å². The summed E-state index contributed by atoms with van der Waals surface area (Å²) in [4.78, 5) is 0. The second-order valence-corrected chi connectivity index (χ2v) is 4.63. The van der Waals surface area contributed by atoms with Gasteiger partial charge in [-0.2, -0.15) is 0 Å². The van der Waals surface area contributed by atoms with Crippen LogP contribution in [0.4, 0.5) is 14.5 Å². The van der Waals surface area contributed by atoms with Crippen LogP contribution in [0.2, 0.25) is 0 Å². The molecule has 18 heavy (non-hydrogen) atoms. The Morgan fingerprint density at radius 1 is 0.833 bits per heavy atom. The van der Waals surface area contributed by atoms with E-state index in [1.54, 1.807) is 20.8 Å². The molecule has 0 saturated carbocycles. The zero-order chi connectivity index (χ0) is 13.4. The van der Waals surface area contributed by atoms with Gasteiger partial charge in [-0.15, -0.1) is 0 Å². The summed E-state index contributed by atoms with van der Waals surface area (Å²) in [7, 11) is 0. The number of anilines is 1. The molecule has 0 amide bonds. The average Bonchev–Trinajstić information content (AvgIpc) is 2.24. The van der Waals surface area contributed by atoms with Gasteiger partial charge in [-0.25, -0.2) is 8.78 Å². The van der Waals surface area contributed by atoms with Crippen LogP contribution in [0, 0.1) is 32.4 Å². The second kappa shape index (κ2) is 4.41. The van der Waals surface area contributed by atoms with Crippen molar-refractivity contribution in [2.24, 2.45) is 0 Å². The summed E-state index contributed by atoms with van der Waals surface area (Å²) in [5.74, 6) is -0.873. The zero-order valence-electron chi connectivity index (χ0n) is 10.6. The lowest BCUT2D eigenvalue weighted by Crippen LogP contribution is -1.97. The molecule has 0 radical (unpaired) electrons. The lowest BCUT2D eigenvalue weighted by atomic mass is 9.96. The lowest BCUT2D eigenvalue weighted by molar-refractivity contribution is 0.614. The zero-order valence-corrected chi connectivity index (χ0v) is 10.6. The Hall–Kier alpha value is -1.90. The molecular weight excluding hydrogens is 232 g/mol. The number of nitrogen functional groups attached to an aromatic ring is 1. The van der Waals surface area contributed by atoms with E-state index >= 15 is 0 Å². The fourth-order valence-corrected chi connectivity index (χ4v) is 2.14.